The van der Waals surface area contributed by atoms with Crippen LogP contribution < -0.4 is 4.74 Å². The molecular formula is C25H35ClO7. The van der Waals surface area contributed by atoms with Crippen LogP contribution >= 0.6 is 11.6 Å². The molecule has 0 bridgehead atoms. The van der Waals surface area contributed by atoms with Crippen LogP contribution in [0.15, 0.2) is 36.4 Å². The molecule has 1 aromatic rings. The van der Waals surface area contributed by atoms with Crippen LogP contribution in [-0.4, -0.2) is 65.5 Å². The molecule has 1 heterocycles. The van der Waals surface area contributed by atoms with Crippen LogP contribution in [0.5, 0.6) is 5.75 Å². The third kappa shape index (κ3) is 7.69. The van der Waals surface area contributed by atoms with Crippen molar-refractivity contribution in [2.45, 2.75) is 63.4 Å². The number of carbonyl (C=O) groups is 1. The number of benzene rings is 1. The standard InChI is InChI=1S/C25H35ClO7/c1-2-3-23(25(29)30)32-13-16-4-10-21-20(22(28)12-24(21)33-14-16)11-7-18(27)15-31-19-8-5-17(26)6-9-19/h5-9,11,16,18,20-24,27-28H,2-4,10,12-15H2,1H3,(H,29,30)/t16-,18+,20+,21+,22+,23?,24-/m0/s1. The zero-order valence-electron chi connectivity index (χ0n) is 19.0. The highest BCUT2D eigenvalue weighted by Gasteiger charge is 2.43. The minimum absolute atomic E-state index is 0.0481. The van der Waals surface area contributed by atoms with Crippen molar-refractivity contribution >= 4 is 17.6 Å². The molecule has 7 nitrogen and oxygen atoms in total. The first-order chi connectivity index (χ1) is 15.9. The Balaban J connectivity index is 1.49. The zero-order chi connectivity index (χ0) is 23.8. The Kier molecular flexibility index (Phi) is 10.0. The Hall–Kier alpha value is -1.64. The lowest BCUT2D eigenvalue weighted by atomic mass is 9.87. The smallest absolute Gasteiger partial charge is 0.332 e. The van der Waals surface area contributed by atoms with Crippen molar-refractivity contribution in [3.8, 4) is 5.75 Å². The van der Waals surface area contributed by atoms with Gasteiger partial charge in [0.15, 0.2) is 6.10 Å². The van der Waals surface area contributed by atoms with Crippen molar-refractivity contribution in [1.82, 2.24) is 0 Å². The second kappa shape index (κ2) is 12.7. The fourth-order valence-corrected chi connectivity index (χ4v) is 4.79. The van der Waals surface area contributed by atoms with E-state index in [1.165, 1.54) is 0 Å². The molecule has 2 fully saturated rings. The van der Waals surface area contributed by atoms with Gasteiger partial charge in [-0.05, 0) is 49.4 Å². The van der Waals surface area contributed by atoms with Gasteiger partial charge in [0.1, 0.15) is 18.5 Å². The lowest BCUT2D eigenvalue weighted by Gasteiger charge is -2.21. The summed E-state index contributed by atoms with van der Waals surface area (Å²) in [5.41, 5.74) is 0. The van der Waals surface area contributed by atoms with Crippen LogP contribution in [-0.2, 0) is 14.3 Å². The van der Waals surface area contributed by atoms with E-state index in [0.29, 0.717) is 36.8 Å². The fraction of sp³-hybridized carbons (Fsp3) is 0.640. The van der Waals surface area contributed by atoms with Gasteiger partial charge in [-0.3, -0.25) is 0 Å². The van der Waals surface area contributed by atoms with Crippen LogP contribution in [0.3, 0.4) is 0 Å². The van der Waals surface area contributed by atoms with E-state index in [1.54, 1.807) is 30.3 Å². The van der Waals surface area contributed by atoms with Crippen LogP contribution in [0, 0.1) is 17.8 Å². The van der Waals surface area contributed by atoms with Gasteiger partial charge in [0, 0.05) is 23.3 Å². The molecule has 1 aromatic carbocycles. The minimum Gasteiger partial charge on any atom is -0.491 e. The summed E-state index contributed by atoms with van der Waals surface area (Å²) < 4.78 is 17.3. The number of aliphatic hydroxyl groups excluding tert-OH is 2. The fourth-order valence-electron chi connectivity index (χ4n) is 4.66. The highest BCUT2D eigenvalue weighted by molar-refractivity contribution is 6.30. The maximum absolute atomic E-state index is 11.3. The molecule has 2 aliphatic rings. The molecule has 0 amide bonds. The third-order valence-electron chi connectivity index (χ3n) is 6.49. The van der Waals surface area contributed by atoms with Crippen molar-refractivity contribution in [3.05, 3.63) is 41.4 Å². The van der Waals surface area contributed by atoms with Crippen molar-refractivity contribution in [2.24, 2.45) is 17.8 Å². The van der Waals surface area contributed by atoms with Crippen molar-refractivity contribution in [3.63, 3.8) is 0 Å². The van der Waals surface area contributed by atoms with Crippen LogP contribution in [0.4, 0.5) is 0 Å². The molecule has 0 radical (unpaired) electrons. The lowest BCUT2D eigenvalue weighted by Crippen LogP contribution is -2.27. The Morgan fingerprint density at radius 1 is 1.30 bits per heavy atom. The third-order valence-corrected chi connectivity index (χ3v) is 6.75. The molecule has 1 unspecified atom stereocenters. The molecule has 184 valence electrons. The molecular weight excluding hydrogens is 448 g/mol. The quantitative estimate of drug-likeness (QED) is 0.413. The van der Waals surface area contributed by atoms with Gasteiger partial charge >= 0.3 is 5.97 Å². The van der Waals surface area contributed by atoms with Crippen LogP contribution in [0.25, 0.3) is 0 Å². The molecule has 7 atom stereocenters. The van der Waals surface area contributed by atoms with E-state index in [4.69, 9.17) is 25.8 Å². The summed E-state index contributed by atoms with van der Waals surface area (Å²) in [6.45, 7) is 2.91. The number of fused-ring (bicyclic) bond motifs is 1. The van der Waals surface area contributed by atoms with Crippen LogP contribution in [0.2, 0.25) is 5.02 Å². The Bertz CT molecular complexity index is 769. The highest BCUT2D eigenvalue weighted by Crippen LogP contribution is 2.41. The first-order valence-corrected chi connectivity index (χ1v) is 12.1. The Morgan fingerprint density at radius 2 is 2.06 bits per heavy atom. The summed E-state index contributed by atoms with van der Waals surface area (Å²) in [5, 5.41) is 30.8. The Morgan fingerprint density at radius 3 is 2.76 bits per heavy atom. The molecule has 0 aromatic heterocycles. The highest BCUT2D eigenvalue weighted by atomic mass is 35.5. The lowest BCUT2D eigenvalue weighted by molar-refractivity contribution is -0.152. The van der Waals surface area contributed by atoms with Crippen molar-refractivity contribution < 1.29 is 34.3 Å². The topological polar surface area (TPSA) is 105 Å². The Labute approximate surface area is 200 Å². The zero-order valence-corrected chi connectivity index (χ0v) is 19.8. The van der Waals surface area contributed by atoms with Gasteiger partial charge in [-0.25, -0.2) is 4.79 Å². The average molecular weight is 483 g/mol. The maximum atomic E-state index is 11.3. The summed E-state index contributed by atoms with van der Waals surface area (Å²) in [5.74, 6) is -0.116. The molecule has 1 aliphatic heterocycles. The normalized spacial score (nSPS) is 29.4. The summed E-state index contributed by atoms with van der Waals surface area (Å²) in [6.07, 6.45) is 4.93. The number of halogens is 1. The number of hydrogen-bond donors (Lipinski definition) is 3. The van der Waals surface area contributed by atoms with Gasteiger partial charge in [-0.1, -0.05) is 37.1 Å². The largest absolute Gasteiger partial charge is 0.491 e. The second-order valence-electron chi connectivity index (χ2n) is 9.03. The maximum Gasteiger partial charge on any atom is 0.332 e. The van der Waals surface area contributed by atoms with Crippen molar-refractivity contribution in [1.29, 1.82) is 0 Å². The number of aliphatic hydroxyl groups is 2. The minimum atomic E-state index is -0.921. The summed E-state index contributed by atoms with van der Waals surface area (Å²) in [4.78, 5) is 11.3. The predicted octanol–water partition coefficient (Wildman–Crippen LogP) is 3.70. The second-order valence-corrected chi connectivity index (χ2v) is 9.46. The van der Waals surface area contributed by atoms with E-state index in [9.17, 15) is 20.1 Å². The molecule has 3 rings (SSSR count). The molecule has 1 saturated heterocycles. The monoisotopic (exact) mass is 482 g/mol. The van der Waals surface area contributed by atoms with E-state index in [-0.39, 0.29) is 30.5 Å². The van der Waals surface area contributed by atoms with E-state index >= 15 is 0 Å². The van der Waals surface area contributed by atoms with Crippen LogP contribution in [0.1, 0.15) is 39.0 Å². The molecule has 33 heavy (non-hydrogen) atoms. The molecule has 1 aliphatic carbocycles. The molecule has 1 saturated carbocycles. The molecule has 8 heteroatoms. The van der Waals surface area contributed by atoms with Gasteiger partial charge in [-0.2, -0.15) is 0 Å². The SMILES string of the molecule is CCCC(OC[C@@H]1CC[C@@H]2[C@@H](C=C[C@@H](O)COc3ccc(Cl)cc3)[C@H](O)C[C@@H]2OC1)C(=O)O. The number of ether oxygens (including phenoxy) is 3. The first kappa shape index (κ1) is 26.0. The number of carboxylic acid groups (broad SMARTS) is 1. The number of hydrogen-bond acceptors (Lipinski definition) is 6. The number of aliphatic carboxylic acids is 1. The number of rotatable bonds is 11. The molecule has 0 spiro atoms. The average Bonchev–Trinajstić information content (AvgIpc) is 2.95. The van der Waals surface area contributed by atoms with E-state index in [2.05, 4.69) is 0 Å². The van der Waals surface area contributed by atoms with Gasteiger partial charge in [-0.15, -0.1) is 0 Å². The van der Waals surface area contributed by atoms with Gasteiger partial charge < -0.3 is 29.5 Å². The first-order valence-electron chi connectivity index (χ1n) is 11.8. The predicted molar refractivity (Wildman–Crippen MR) is 124 cm³/mol. The van der Waals surface area contributed by atoms with E-state index in [0.717, 1.165) is 19.3 Å². The van der Waals surface area contributed by atoms with Crippen molar-refractivity contribution in [2.75, 3.05) is 19.8 Å². The van der Waals surface area contributed by atoms with E-state index < -0.39 is 24.3 Å². The summed E-state index contributed by atoms with van der Waals surface area (Å²) >= 11 is 5.86. The summed E-state index contributed by atoms with van der Waals surface area (Å²) in [6, 6.07) is 6.94. The number of carboxylic acids is 1. The van der Waals surface area contributed by atoms with Gasteiger partial charge in [0.25, 0.3) is 0 Å². The molecule has 3 N–H and O–H groups in total. The summed E-state index contributed by atoms with van der Waals surface area (Å²) in [7, 11) is 0. The van der Waals surface area contributed by atoms with Gasteiger partial charge in [0.05, 0.1) is 25.4 Å². The van der Waals surface area contributed by atoms with Gasteiger partial charge in [0.2, 0.25) is 0 Å². The van der Waals surface area contributed by atoms with E-state index in [1.807, 2.05) is 13.0 Å².